The molecule has 1 aromatic heterocycles. The smallest absolute Gasteiger partial charge is 0.0701 e. The lowest BCUT2D eigenvalue weighted by atomic mass is 10.0. The fourth-order valence-electron chi connectivity index (χ4n) is 2.66. The van der Waals surface area contributed by atoms with E-state index < -0.39 is 0 Å². The highest BCUT2D eigenvalue weighted by Crippen LogP contribution is 2.58. The van der Waals surface area contributed by atoms with Crippen LogP contribution in [0.2, 0.25) is 0 Å². The fraction of sp³-hybridized carbons (Fsp3) is 0.769. The maximum absolute atomic E-state index is 4.47. The average Bonchev–Trinajstić information content (AvgIpc) is 2.68. The molecule has 2 rings (SSSR count). The van der Waals surface area contributed by atoms with Gasteiger partial charge in [0.1, 0.15) is 0 Å². The summed E-state index contributed by atoms with van der Waals surface area (Å²) in [6.45, 7) is 9.03. The topological polar surface area (TPSA) is 29.9 Å². The normalized spacial score (nSPS) is 24.1. The molecular formula is C13H22BrN3. The first-order valence-corrected chi connectivity index (χ1v) is 7.08. The van der Waals surface area contributed by atoms with E-state index in [1.165, 1.54) is 12.1 Å². The molecule has 0 aliphatic heterocycles. The summed E-state index contributed by atoms with van der Waals surface area (Å²) in [5.74, 6) is 0.706. The minimum Gasteiger partial charge on any atom is -0.311 e. The van der Waals surface area contributed by atoms with Crippen LogP contribution in [0.15, 0.2) is 10.7 Å². The van der Waals surface area contributed by atoms with E-state index in [0.717, 1.165) is 4.47 Å². The fourth-order valence-corrected chi connectivity index (χ4v) is 3.18. The van der Waals surface area contributed by atoms with Crippen molar-refractivity contribution >= 4 is 15.9 Å². The third kappa shape index (κ3) is 2.29. The third-order valence-corrected chi connectivity index (χ3v) is 4.48. The van der Waals surface area contributed by atoms with Crippen molar-refractivity contribution in [3.8, 4) is 0 Å². The summed E-state index contributed by atoms with van der Waals surface area (Å²) in [5, 5.41) is 7.94. The van der Waals surface area contributed by atoms with Gasteiger partial charge in [0.05, 0.1) is 22.4 Å². The lowest BCUT2D eigenvalue weighted by molar-refractivity contribution is 0.394. The SMILES string of the molecule is CNC(c1c(Br)cnn1C(C)C)C1CC1(C)C. The molecule has 1 fully saturated rings. The Morgan fingerprint density at radius 2 is 2.12 bits per heavy atom. The Bertz CT molecular complexity index is 409. The number of hydrogen-bond acceptors (Lipinski definition) is 2. The Hall–Kier alpha value is -0.350. The molecule has 1 aliphatic carbocycles. The van der Waals surface area contributed by atoms with Crippen molar-refractivity contribution < 1.29 is 0 Å². The van der Waals surface area contributed by atoms with E-state index in [2.05, 4.69) is 58.7 Å². The molecule has 1 heterocycles. The average molecular weight is 300 g/mol. The molecule has 17 heavy (non-hydrogen) atoms. The Kier molecular flexibility index (Phi) is 3.38. The van der Waals surface area contributed by atoms with Crippen LogP contribution in [0, 0.1) is 11.3 Å². The summed E-state index contributed by atoms with van der Waals surface area (Å²) < 4.78 is 3.24. The van der Waals surface area contributed by atoms with Crippen molar-refractivity contribution in [2.75, 3.05) is 7.05 Å². The van der Waals surface area contributed by atoms with Gasteiger partial charge in [-0.3, -0.25) is 4.68 Å². The molecule has 1 aliphatic rings. The molecule has 2 unspecified atom stereocenters. The minimum absolute atomic E-state index is 0.393. The van der Waals surface area contributed by atoms with Crippen LogP contribution in [-0.2, 0) is 0 Å². The van der Waals surface area contributed by atoms with E-state index in [-0.39, 0.29) is 0 Å². The molecule has 0 aromatic carbocycles. The molecular weight excluding hydrogens is 278 g/mol. The van der Waals surface area contributed by atoms with Crippen molar-refractivity contribution in [3.63, 3.8) is 0 Å². The molecule has 1 aromatic rings. The summed E-state index contributed by atoms with van der Waals surface area (Å²) in [7, 11) is 2.04. The number of hydrogen-bond donors (Lipinski definition) is 1. The van der Waals surface area contributed by atoms with Gasteiger partial charge in [-0.15, -0.1) is 0 Å². The van der Waals surface area contributed by atoms with Gasteiger partial charge in [0, 0.05) is 6.04 Å². The molecule has 0 amide bonds. The largest absolute Gasteiger partial charge is 0.311 e. The number of rotatable bonds is 4. The van der Waals surface area contributed by atoms with E-state index in [9.17, 15) is 0 Å². The van der Waals surface area contributed by atoms with Crippen LogP contribution in [0.4, 0.5) is 0 Å². The summed E-state index contributed by atoms with van der Waals surface area (Å²) in [6.07, 6.45) is 3.20. The first-order chi connectivity index (χ1) is 7.88. The Labute approximate surface area is 112 Å². The molecule has 1 saturated carbocycles. The van der Waals surface area contributed by atoms with E-state index in [1.54, 1.807) is 0 Å². The van der Waals surface area contributed by atoms with Gasteiger partial charge in [-0.1, -0.05) is 13.8 Å². The van der Waals surface area contributed by atoms with Gasteiger partial charge < -0.3 is 5.32 Å². The number of nitrogens with one attached hydrogen (secondary N) is 1. The van der Waals surface area contributed by atoms with Gasteiger partial charge in [-0.25, -0.2) is 0 Å². The quantitative estimate of drug-likeness (QED) is 0.922. The number of nitrogens with zero attached hydrogens (tertiary/aromatic N) is 2. The van der Waals surface area contributed by atoms with Gasteiger partial charge in [-0.05, 0) is 54.6 Å². The predicted molar refractivity (Wildman–Crippen MR) is 74.0 cm³/mol. The maximum Gasteiger partial charge on any atom is 0.0701 e. The molecule has 0 bridgehead atoms. The van der Waals surface area contributed by atoms with Crippen LogP contribution < -0.4 is 5.32 Å². The third-order valence-electron chi connectivity index (χ3n) is 3.87. The zero-order chi connectivity index (χ0) is 12.8. The van der Waals surface area contributed by atoms with Crippen LogP contribution in [-0.4, -0.2) is 16.8 Å². The van der Waals surface area contributed by atoms with Crippen molar-refractivity contribution in [3.05, 3.63) is 16.4 Å². The summed E-state index contributed by atoms with van der Waals surface area (Å²) in [5.41, 5.74) is 1.75. The summed E-state index contributed by atoms with van der Waals surface area (Å²) in [4.78, 5) is 0. The monoisotopic (exact) mass is 299 g/mol. The van der Waals surface area contributed by atoms with Crippen LogP contribution in [0.25, 0.3) is 0 Å². The molecule has 0 radical (unpaired) electrons. The minimum atomic E-state index is 0.393. The van der Waals surface area contributed by atoms with Crippen molar-refractivity contribution in [1.29, 1.82) is 0 Å². The van der Waals surface area contributed by atoms with E-state index >= 15 is 0 Å². The summed E-state index contributed by atoms with van der Waals surface area (Å²) >= 11 is 3.64. The molecule has 96 valence electrons. The molecule has 1 N–H and O–H groups in total. The number of aromatic nitrogens is 2. The summed E-state index contributed by atoms with van der Waals surface area (Å²) in [6, 6.07) is 0.790. The van der Waals surface area contributed by atoms with Crippen LogP contribution >= 0.6 is 15.9 Å². The van der Waals surface area contributed by atoms with Crippen molar-refractivity contribution in [1.82, 2.24) is 15.1 Å². The van der Waals surface area contributed by atoms with Crippen molar-refractivity contribution in [2.24, 2.45) is 11.3 Å². The maximum atomic E-state index is 4.47. The molecule has 4 heteroatoms. The molecule has 3 nitrogen and oxygen atoms in total. The van der Waals surface area contributed by atoms with Crippen LogP contribution in [0.1, 0.15) is 51.9 Å². The van der Waals surface area contributed by atoms with Gasteiger partial charge in [0.15, 0.2) is 0 Å². The van der Waals surface area contributed by atoms with Crippen molar-refractivity contribution in [2.45, 2.75) is 46.2 Å². The Morgan fingerprint density at radius 3 is 2.53 bits per heavy atom. The number of halogens is 1. The molecule has 0 spiro atoms. The highest BCUT2D eigenvalue weighted by molar-refractivity contribution is 9.10. The zero-order valence-electron chi connectivity index (χ0n) is 11.3. The van der Waals surface area contributed by atoms with E-state index in [4.69, 9.17) is 0 Å². The first kappa shape index (κ1) is 13.1. The Balaban J connectivity index is 2.34. The van der Waals surface area contributed by atoms with E-state index in [1.807, 2.05) is 13.2 Å². The molecule has 2 atom stereocenters. The first-order valence-electron chi connectivity index (χ1n) is 6.28. The second-order valence-electron chi connectivity index (χ2n) is 5.98. The van der Waals surface area contributed by atoms with Crippen LogP contribution in [0.5, 0.6) is 0 Å². The van der Waals surface area contributed by atoms with Gasteiger partial charge >= 0.3 is 0 Å². The standard InChI is InChI=1S/C13H22BrN3/c1-8(2)17-12(10(14)7-16-17)11(15-5)9-6-13(9,3)4/h7-9,11,15H,6H2,1-5H3. The van der Waals surface area contributed by atoms with Gasteiger partial charge in [-0.2, -0.15) is 5.10 Å². The zero-order valence-corrected chi connectivity index (χ0v) is 12.9. The van der Waals surface area contributed by atoms with Gasteiger partial charge in [0.2, 0.25) is 0 Å². The molecule has 0 saturated heterocycles. The highest BCUT2D eigenvalue weighted by atomic mass is 79.9. The Morgan fingerprint density at radius 1 is 1.53 bits per heavy atom. The lowest BCUT2D eigenvalue weighted by Gasteiger charge is -2.22. The second-order valence-corrected chi connectivity index (χ2v) is 6.84. The van der Waals surface area contributed by atoms with Crippen LogP contribution in [0.3, 0.4) is 0 Å². The predicted octanol–water partition coefficient (Wildman–Crippen LogP) is 3.53. The second kappa shape index (κ2) is 4.39. The highest BCUT2D eigenvalue weighted by Gasteiger charge is 2.51. The van der Waals surface area contributed by atoms with Gasteiger partial charge in [0.25, 0.3) is 0 Å². The van der Waals surface area contributed by atoms with E-state index in [0.29, 0.717) is 23.4 Å². The lowest BCUT2D eigenvalue weighted by Crippen LogP contribution is -2.25.